The number of fused-ring (bicyclic) bond motifs is 1. The van der Waals surface area contributed by atoms with Crippen molar-refractivity contribution in [1.82, 2.24) is 14.8 Å². The first-order valence-corrected chi connectivity index (χ1v) is 13.5. The van der Waals surface area contributed by atoms with Gasteiger partial charge in [0.15, 0.2) is 6.61 Å². The molecular weight excluding hydrogens is 535 g/mol. The van der Waals surface area contributed by atoms with Crippen LogP contribution in [0.1, 0.15) is 11.6 Å². The Morgan fingerprint density at radius 2 is 1.89 bits per heavy atom. The zero-order valence-electron chi connectivity index (χ0n) is 20.2. The van der Waals surface area contributed by atoms with Crippen molar-refractivity contribution in [3.8, 4) is 16.2 Å². The summed E-state index contributed by atoms with van der Waals surface area (Å²) in [6, 6.07) is 11.1. The van der Waals surface area contributed by atoms with Crippen LogP contribution in [0, 0.1) is 0 Å². The van der Waals surface area contributed by atoms with Crippen LogP contribution in [0.2, 0.25) is 10.0 Å². The van der Waals surface area contributed by atoms with Gasteiger partial charge in [-0.05, 0) is 17.2 Å². The number of ether oxygens (including phenoxy) is 2. The van der Waals surface area contributed by atoms with Gasteiger partial charge in [-0.2, -0.15) is 0 Å². The van der Waals surface area contributed by atoms with Gasteiger partial charge in [0, 0.05) is 38.9 Å². The van der Waals surface area contributed by atoms with E-state index < -0.39 is 0 Å². The van der Waals surface area contributed by atoms with Gasteiger partial charge in [0.1, 0.15) is 12.3 Å². The van der Waals surface area contributed by atoms with Crippen LogP contribution in [0.5, 0.6) is 5.75 Å². The maximum Gasteiger partial charge on any atom is 0.265 e. The average Bonchev–Trinajstić information content (AvgIpc) is 3.45. The summed E-state index contributed by atoms with van der Waals surface area (Å²) in [6.45, 7) is 3.27. The number of thiazole rings is 1. The molecule has 1 fully saturated rings. The first-order valence-electron chi connectivity index (χ1n) is 11.9. The van der Waals surface area contributed by atoms with Gasteiger partial charge in [-0.3, -0.25) is 24.4 Å². The molecule has 2 aromatic carbocycles. The zero-order valence-corrected chi connectivity index (χ0v) is 22.6. The number of carbonyl (C=O) groups excluding carboxylic acids is 2. The molecule has 5 rings (SSSR count). The second kappa shape index (κ2) is 11.4. The van der Waals surface area contributed by atoms with Crippen molar-refractivity contribution in [2.45, 2.75) is 6.04 Å². The SMILES string of the molecule is CN(C(=O)CN1C(=O)COc2cc(Cl)c(Cl)cc21)C(CN1CCOCC1)c1ccc(-c2cncs2)cc1. The number of amides is 2. The normalized spacial score (nSPS) is 16.7. The molecular formula is C26H26Cl2N4O4S. The molecule has 0 radical (unpaired) electrons. The Balaban J connectivity index is 1.39. The Labute approximate surface area is 229 Å². The number of hydrogen-bond donors (Lipinski definition) is 0. The molecule has 1 unspecified atom stereocenters. The number of nitrogens with zero attached hydrogens (tertiary/aromatic N) is 4. The third-order valence-corrected chi connectivity index (χ3v) is 8.19. The lowest BCUT2D eigenvalue weighted by atomic mass is 10.0. The minimum Gasteiger partial charge on any atom is -0.482 e. The Morgan fingerprint density at radius 1 is 1.16 bits per heavy atom. The van der Waals surface area contributed by atoms with Crippen molar-refractivity contribution in [3.63, 3.8) is 0 Å². The van der Waals surface area contributed by atoms with E-state index >= 15 is 0 Å². The van der Waals surface area contributed by atoms with Crippen LogP contribution in [0.4, 0.5) is 5.69 Å². The van der Waals surface area contributed by atoms with E-state index in [0.717, 1.165) is 29.1 Å². The molecule has 37 heavy (non-hydrogen) atoms. The number of likely N-dealkylation sites (N-methyl/N-ethyl adjacent to an activating group) is 1. The smallest absolute Gasteiger partial charge is 0.265 e. The molecule has 8 nitrogen and oxygen atoms in total. The van der Waals surface area contributed by atoms with E-state index in [1.165, 1.54) is 4.90 Å². The van der Waals surface area contributed by atoms with Gasteiger partial charge in [-0.1, -0.05) is 47.5 Å². The summed E-state index contributed by atoms with van der Waals surface area (Å²) >= 11 is 13.9. The van der Waals surface area contributed by atoms with Gasteiger partial charge in [0.25, 0.3) is 5.91 Å². The van der Waals surface area contributed by atoms with Crippen molar-refractivity contribution in [1.29, 1.82) is 0 Å². The van der Waals surface area contributed by atoms with Crippen LogP contribution in [-0.2, 0) is 14.3 Å². The second-order valence-electron chi connectivity index (χ2n) is 8.92. The van der Waals surface area contributed by atoms with Crippen LogP contribution in [-0.4, -0.2) is 79.6 Å². The molecule has 0 N–H and O–H groups in total. The van der Waals surface area contributed by atoms with E-state index in [2.05, 4.69) is 34.1 Å². The fraction of sp³-hybridized carbons (Fsp3) is 0.346. The van der Waals surface area contributed by atoms with E-state index in [1.54, 1.807) is 35.4 Å². The fourth-order valence-corrected chi connectivity index (χ4v) is 5.44. The van der Waals surface area contributed by atoms with Crippen LogP contribution in [0.25, 0.3) is 10.4 Å². The molecule has 194 valence electrons. The largest absolute Gasteiger partial charge is 0.482 e. The highest BCUT2D eigenvalue weighted by molar-refractivity contribution is 7.13. The number of morpholine rings is 1. The van der Waals surface area contributed by atoms with E-state index in [9.17, 15) is 9.59 Å². The van der Waals surface area contributed by atoms with Crippen molar-refractivity contribution < 1.29 is 19.1 Å². The second-order valence-corrected chi connectivity index (χ2v) is 10.6. The highest BCUT2D eigenvalue weighted by Gasteiger charge is 2.32. The minimum absolute atomic E-state index is 0.137. The summed E-state index contributed by atoms with van der Waals surface area (Å²) < 4.78 is 11.0. The van der Waals surface area contributed by atoms with Gasteiger partial charge in [-0.15, -0.1) is 11.3 Å². The predicted octanol–water partition coefficient (Wildman–Crippen LogP) is 4.37. The number of rotatable bonds is 7. The highest BCUT2D eigenvalue weighted by atomic mass is 35.5. The van der Waals surface area contributed by atoms with Crippen molar-refractivity contribution in [2.24, 2.45) is 0 Å². The number of aromatic nitrogens is 1. The quantitative estimate of drug-likeness (QED) is 0.427. The van der Waals surface area contributed by atoms with Gasteiger partial charge in [0.2, 0.25) is 5.91 Å². The Morgan fingerprint density at radius 3 is 2.59 bits per heavy atom. The number of hydrogen-bond acceptors (Lipinski definition) is 7. The highest BCUT2D eigenvalue weighted by Crippen LogP contribution is 2.39. The van der Waals surface area contributed by atoms with Crippen LogP contribution >= 0.6 is 34.5 Å². The van der Waals surface area contributed by atoms with E-state index in [-0.39, 0.29) is 36.0 Å². The summed E-state index contributed by atoms with van der Waals surface area (Å²) in [5.74, 6) is -0.0867. The lowest BCUT2D eigenvalue weighted by Crippen LogP contribution is -2.48. The van der Waals surface area contributed by atoms with Gasteiger partial charge in [-0.25, -0.2) is 0 Å². The lowest BCUT2D eigenvalue weighted by Gasteiger charge is -2.37. The Hall–Kier alpha value is -2.69. The molecule has 0 bridgehead atoms. The first kappa shape index (κ1) is 25.9. The van der Waals surface area contributed by atoms with Crippen molar-refractivity contribution in [3.05, 3.63) is 63.7 Å². The fourth-order valence-electron chi connectivity index (χ4n) is 4.50. The number of anilines is 1. The summed E-state index contributed by atoms with van der Waals surface area (Å²) in [6.07, 6.45) is 1.84. The summed E-state index contributed by atoms with van der Waals surface area (Å²) in [5.41, 5.74) is 4.34. The zero-order chi connectivity index (χ0) is 25.9. The number of carbonyl (C=O) groups is 2. The summed E-state index contributed by atoms with van der Waals surface area (Å²) in [7, 11) is 1.78. The predicted molar refractivity (Wildman–Crippen MR) is 145 cm³/mol. The third-order valence-electron chi connectivity index (χ3n) is 6.65. The maximum absolute atomic E-state index is 13.6. The molecule has 0 spiro atoms. The van der Waals surface area contributed by atoms with Crippen molar-refractivity contribution in [2.75, 3.05) is 57.9 Å². The lowest BCUT2D eigenvalue weighted by molar-refractivity contribution is -0.133. The monoisotopic (exact) mass is 560 g/mol. The molecule has 1 aromatic heterocycles. The summed E-state index contributed by atoms with van der Waals surface area (Å²) in [4.78, 5) is 37.0. The maximum atomic E-state index is 13.6. The van der Waals surface area contributed by atoms with E-state index in [1.807, 2.05) is 11.7 Å². The summed E-state index contributed by atoms with van der Waals surface area (Å²) in [5, 5.41) is 0.612. The molecule has 2 aliphatic heterocycles. The topological polar surface area (TPSA) is 75.2 Å². The van der Waals surface area contributed by atoms with Gasteiger partial charge >= 0.3 is 0 Å². The molecule has 0 aliphatic carbocycles. The van der Waals surface area contributed by atoms with Crippen LogP contribution < -0.4 is 9.64 Å². The third kappa shape index (κ3) is 5.76. The molecule has 1 saturated heterocycles. The molecule has 0 saturated carbocycles. The van der Waals surface area contributed by atoms with Gasteiger partial charge in [0.05, 0.1) is 45.4 Å². The standard InChI is InChI=1S/C26H26Cl2N4O4S/c1-30(25(33)14-32-21-10-19(27)20(28)11-23(21)36-15-26(32)34)22(13-31-6-8-35-9-7-31)17-2-4-18(5-3-17)24-12-29-16-37-24/h2-5,10-12,16,22H,6-9,13-15H2,1H3. The molecule has 1 atom stereocenters. The minimum atomic E-state index is -0.314. The molecule has 3 heterocycles. The van der Waals surface area contributed by atoms with Gasteiger partial charge < -0.3 is 14.4 Å². The van der Waals surface area contributed by atoms with Crippen LogP contribution in [0.3, 0.4) is 0 Å². The molecule has 11 heteroatoms. The number of benzene rings is 2. The van der Waals surface area contributed by atoms with Crippen LogP contribution in [0.15, 0.2) is 48.1 Å². The molecule has 3 aromatic rings. The molecule has 2 aliphatic rings. The molecule has 2 amide bonds. The van der Waals surface area contributed by atoms with E-state index in [0.29, 0.717) is 36.2 Å². The van der Waals surface area contributed by atoms with Crippen molar-refractivity contribution >= 4 is 52.0 Å². The van der Waals surface area contributed by atoms with E-state index in [4.69, 9.17) is 32.7 Å². The number of halogens is 2. The average molecular weight is 561 g/mol. The Kier molecular flexibility index (Phi) is 7.97. The first-order chi connectivity index (χ1) is 17.9. The Bertz CT molecular complexity index is 1270.